The summed E-state index contributed by atoms with van der Waals surface area (Å²) in [5.41, 5.74) is 38.9. The molecule has 0 N–H and O–H groups in total. The third kappa shape index (κ3) is 18.0. The van der Waals surface area contributed by atoms with Crippen molar-refractivity contribution in [2.45, 2.75) is 0 Å². The van der Waals surface area contributed by atoms with Crippen molar-refractivity contribution in [1.82, 2.24) is 18.3 Å². The molecular formula is C136H90Br4N4. The number of halogens is 4. The Bertz CT molecular complexity index is 9480. The van der Waals surface area contributed by atoms with Crippen LogP contribution in [0.3, 0.4) is 0 Å². The molecule has 27 aromatic rings. The van der Waals surface area contributed by atoms with Gasteiger partial charge in [-0.15, -0.1) is 0 Å². The van der Waals surface area contributed by atoms with Crippen LogP contribution in [0.15, 0.2) is 564 Å². The van der Waals surface area contributed by atoms with E-state index in [0.717, 1.165) is 17.9 Å². The van der Waals surface area contributed by atoms with Gasteiger partial charge in [-0.3, -0.25) is 0 Å². The first-order valence-corrected chi connectivity index (χ1v) is 51.6. The van der Waals surface area contributed by atoms with Gasteiger partial charge in [-0.2, -0.15) is 0 Å². The summed E-state index contributed by atoms with van der Waals surface area (Å²) in [6.45, 7) is 0. The van der Waals surface area contributed by atoms with E-state index in [4.69, 9.17) is 0 Å². The molecule has 4 nitrogen and oxygen atoms in total. The van der Waals surface area contributed by atoms with Gasteiger partial charge in [0.15, 0.2) is 0 Å². The molecular weight excluding hydrogens is 2010 g/mol. The van der Waals surface area contributed by atoms with E-state index in [1.54, 1.807) is 0 Å². The summed E-state index contributed by atoms with van der Waals surface area (Å²) in [6, 6.07) is 196. The zero-order chi connectivity index (χ0) is 96.5. The SMILES string of the molecule is Brc1ccc(-c2cccc(-c3ccc4c(c3)c3ccccc3n4-c3ccc(-c4ccccc4)cc3)c2)cc1.Brc1cccc(-c2cccc(-c3ccc4c(c3)c3ccccc3n4-c3ccc(-c4ccccc4)cc3)c2)c1.Brc1cccc(-c2cccc(-c3ccc4c(c3)c3ccccc3n4-c3cccc4ccccc34)c2)c1.Brc1cccc(-c2cccc(-c3ccc4c(c3)c3ccccc3n4-c3ccccc3)c2)c1. The van der Waals surface area contributed by atoms with Gasteiger partial charge in [-0.1, -0.05) is 422 Å². The minimum atomic E-state index is 1.09. The fourth-order valence-electron chi connectivity index (χ4n) is 20.7. The number of nitrogens with zero attached hydrogens (tertiary/aromatic N) is 4. The number of hydrogen-bond donors (Lipinski definition) is 0. The maximum atomic E-state index is 3.61. The van der Waals surface area contributed by atoms with Gasteiger partial charge in [0, 0.05) is 83.4 Å². The minimum Gasteiger partial charge on any atom is -0.309 e. The molecule has 0 saturated heterocycles. The van der Waals surface area contributed by atoms with Crippen LogP contribution in [0.5, 0.6) is 0 Å². The lowest BCUT2D eigenvalue weighted by Gasteiger charge is -2.12. The summed E-state index contributed by atoms with van der Waals surface area (Å²) in [5.74, 6) is 0. The fourth-order valence-corrected chi connectivity index (χ4v) is 22.2. The highest BCUT2D eigenvalue weighted by molar-refractivity contribution is 9.11. The molecule has 0 aliphatic carbocycles. The summed E-state index contributed by atoms with van der Waals surface area (Å²) in [5, 5.41) is 12.6. The molecule has 0 amide bonds. The standard InChI is InChI=1S/2C36H24BrN.C34H22BrN.C30H20BrN/c37-31-13-7-12-29(23-31)27-10-6-11-28(22-27)30-18-21-36-34(24-30)33-14-4-5-15-35(33)38(36)32-19-16-26(17-20-32)25-8-2-1-3-9-25;37-31-18-13-27(14-19-31)28-9-6-10-29(23-28)30-17-22-36-34(24-30)33-11-4-5-12-35(33)38(36)32-20-15-26(16-21-32)25-7-2-1-3-8-25;35-28-13-6-12-26(21-28)24-10-5-11-25(20-24)27-18-19-34-31(22-27)30-15-3-4-16-33(30)36(34)32-17-7-9-23-8-1-2-14-29(23)32;31-25-11-7-10-23(19-25)21-8-6-9-22(18-21)24-16-17-30-28(20-24)27-14-4-5-15-29(27)32(30)26-12-2-1-3-13-26/h2*1-24H;1-22H;1-20H. The normalized spacial score (nSPS) is 11.3. The van der Waals surface area contributed by atoms with E-state index in [0.29, 0.717) is 0 Å². The van der Waals surface area contributed by atoms with Gasteiger partial charge >= 0.3 is 0 Å². The average Bonchev–Trinajstić information content (AvgIpc) is 1.61. The zero-order valence-corrected chi connectivity index (χ0v) is 84.6. The first-order valence-electron chi connectivity index (χ1n) is 48.5. The van der Waals surface area contributed by atoms with E-state index < -0.39 is 0 Å². The quantitative estimate of drug-likeness (QED) is 0.103. The largest absolute Gasteiger partial charge is 0.309 e. The van der Waals surface area contributed by atoms with Crippen LogP contribution in [0.4, 0.5) is 0 Å². The number of rotatable bonds is 14. The molecule has 0 aliphatic heterocycles. The van der Waals surface area contributed by atoms with E-state index in [1.165, 1.54) is 232 Å². The molecule has 8 heteroatoms. The molecule has 4 aromatic heterocycles. The van der Waals surface area contributed by atoms with E-state index in [2.05, 4.69) is 628 Å². The highest BCUT2D eigenvalue weighted by atomic mass is 79.9. The zero-order valence-electron chi connectivity index (χ0n) is 78.3. The third-order valence-electron chi connectivity index (χ3n) is 27.6. The first-order chi connectivity index (χ1) is 71.0. The fraction of sp³-hybridized carbons (Fsp3) is 0. The Labute approximate surface area is 870 Å². The van der Waals surface area contributed by atoms with Crippen molar-refractivity contribution in [2.24, 2.45) is 0 Å². The van der Waals surface area contributed by atoms with Gasteiger partial charge in [0.05, 0.1) is 49.8 Å². The summed E-state index contributed by atoms with van der Waals surface area (Å²) in [6.07, 6.45) is 0. The molecule has 23 aromatic carbocycles. The molecule has 0 saturated carbocycles. The second-order valence-electron chi connectivity index (χ2n) is 36.4. The maximum Gasteiger partial charge on any atom is 0.0541 e. The van der Waals surface area contributed by atoms with E-state index in [1.807, 2.05) is 0 Å². The van der Waals surface area contributed by atoms with Crippen LogP contribution in [0.2, 0.25) is 0 Å². The number of fused-ring (bicyclic) bond motifs is 13. The Morgan fingerprint density at radius 2 is 0.319 bits per heavy atom. The summed E-state index contributed by atoms with van der Waals surface area (Å²) in [4.78, 5) is 0. The predicted octanol–water partition coefficient (Wildman–Crippen LogP) is 40.0. The molecule has 144 heavy (non-hydrogen) atoms. The lowest BCUT2D eigenvalue weighted by molar-refractivity contribution is 1.18. The van der Waals surface area contributed by atoms with E-state index in [-0.39, 0.29) is 0 Å². The Hall–Kier alpha value is -16.6. The molecule has 0 radical (unpaired) electrons. The topological polar surface area (TPSA) is 19.7 Å². The Morgan fingerprint density at radius 1 is 0.111 bits per heavy atom. The number of benzene rings is 23. The van der Waals surface area contributed by atoms with Crippen molar-refractivity contribution >= 4 is 162 Å². The predicted molar refractivity (Wildman–Crippen MR) is 626 cm³/mol. The lowest BCUT2D eigenvalue weighted by Crippen LogP contribution is -1.95. The Kier molecular flexibility index (Phi) is 24.9. The van der Waals surface area contributed by atoms with Crippen LogP contribution in [0.1, 0.15) is 0 Å². The molecule has 0 unspecified atom stereocenters. The smallest absolute Gasteiger partial charge is 0.0541 e. The van der Waals surface area contributed by atoms with Crippen molar-refractivity contribution in [1.29, 1.82) is 0 Å². The van der Waals surface area contributed by atoms with Crippen molar-refractivity contribution in [3.05, 3.63) is 564 Å². The second kappa shape index (κ2) is 39.9. The van der Waals surface area contributed by atoms with Crippen LogP contribution in [0.25, 0.3) is 232 Å². The van der Waals surface area contributed by atoms with Crippen molar-refractivity contribution in [2.75, 3.05) is 0 Å². The van der Waals surface area contributed by atoms with Crippen molar-refractivity contribution < 1.29 is 0 Å². The van der Waals surface area contributed by atoms with Gasteiger partial charge < -0.3 is 18.3 Å². The molecule has 27 rings (SSSR count). The minimum absolute atomic E-state index is 1.09. The number of para-hydroxylation sites is 5. The molecule has 4 heterocycles. The van der Waals surface area contributed by atoms with Crippen LogP contribution in [-0.2, 0) is 0 Å². The third-order valence-corrected chi connectivity index (χ3v) is 29.6. The highest BCUT2D eigenvalue weighted by Crippen LogP contribution is 2.45. The summed E-state index contributed by atoms with van der Waals surface area (Å²) in [7, 11) is 0. The summed E-state index contributed by atoms with van der Waals surface area (Å²) >= 11 is 14.4. The molecule has 0 aliphatic rings. The van der Waals surface area contributed by atoms with Crippen LogP contribution >= 0.6 is 63.7 Å². The highest BCUT2D eigenvalue weighted by Gasteiger charge is 2.22. The molecule has 0 fully saturated rings. The van der Waals surface area contributed by atoms with Crippen LogP contribution in [0, 0.1) is 0 Å². The van der Waals surface area contributed by atoms with Gasteiger partial charge in [0.25, 0.3) is 0 Å². The van der Waals surface area contributed by atoms with E-state index in [9.17, 15) is 0 Å². The molecule has 0 spiro atoms. The van der Waals surface area contributed by atoms with Crippen molar-refractivity contribution in [3.8, 4) is 134 Å². The summed E-state index contributed by atoms with van der Waals surface area (Å²) < 4.78 is 13.9. The number of aromatic nitrogens is 4. The monoisotopic (exact) mass is 2090 g/mol. The molecule has 0 atom stereocenters. The van der Waals surface area contributed by atoms with Gasteiger partial charge in [0.2, 0.25) is 0 Å². The maximum absolute atomic E-state index is 3.61. The van der Waals surface area contributed by atoms with Gasteiger partial charge in [0.1, 0.15) is 0 Å². The Morgan fingerprint density at radius 3 is 0.660 bits per heavy atom. The lowest BCUT2D eigenvalue weighted by atomic mass is 9.98. The van der Waals surface area contributed by atoms with Crippen LogP contribution < -0.4 is 0 Å². The molecule has 0 bridgehead atoms. The average molecular weight is 2100 g/mol. The van der Waals surface area contributed by atoms with E-state index >= 15 is 0 Å². The van der Waals surface area contributed by atoms with Crippen LogP contribution in [-0.4, -0.2) is 18.3 Å². The van der Waals surface area contributed by atoms with Gasteiger partial charge in [-0.25, -0.2) is 0 Å². The first kappa shape index (κ1) is 90.0. The number of hydrogen-bond acceptors (Lipinski definition) is 0. The van der Waals surface area contributed by atoms with Crippen molar-refractivity contribution in [3.63, 3.8) is 0 Å². The Balaban J connectivity index is 0.000000104. The van der Waals surface area contributed by atoms with Gasteiger partial charge in [-0.05, 0) is 305 Å². The second-order valence-corrected chi connectivity index (χ2v) is 40.0. The molecule has 682 valence electrons.